The van der Waals surface area contributed by atoms with E-state index in [1.807, 2.05) is 17.1 Å². The fourth-order valence-corrected chi connectivity index (χ4v) is 1.54. The molecule has 0 atom stereocenters. The largest absolute Gasteiger partial charge is 0.278 e. The third-order valence-electron chi connectivity index (χ3n) is 2.34. The topological polar surface area (TPSA) is 51.8 Å². The Morgan fingerprint density at radius 3 is 2.80 bits per heavy atom. The van der Waals surface area contributed by atoms with Crippen LogP contribution in [0.3, 0.4) is 0 Å². The van der Waals surface area contributed by atoms with Gasteiger partial charge < -0.3 is 0 Å². The second kappa shape index (κ2) is 4.56. The molecule has 1 aliphatic heterocycles. The Morgan fingerprint density at radius 2 is 2.07 bits per heavy atom. The molecule has 1 aromatic carbocycles. The zero-order chi connectivity index (χ0) is 10.5. The molecular formula is C11H12N4. The summed E-state index contributed by atoms with van der Waals surface area (Å²) in [6, 6.07) is 9.24. The molecule has 4 nitrogen and oxygen atoms in total. The van der Waals surface area contributed by atoms with Crippen LogP contribution in [-0.4, -0.2) is 18.1 Å². The number of hydrogen-bond acceptors (Lipinski definition) is 3. The van der Waals surface area contributed by atoms with Crippen LogP contribution in [0, 0.1) is 11.3 Å². The van der Waals surface area contributed by atoms with Crippen molar-refractivity contribution in [2.24, 2.45) is 10.3 Å². The smallest absolute Gasteiger partial charge is 0.0992 e. The van der Waals surface area contributed by atoms with E-state index < -0.39 is 0 Å². The lowest BCUT2D eigenvalue weighted by atomic mass is 10.2. The first-order valence-corrected chi connectivity index (χ1v) is 5.05. The van der Waals surface area contributed by atoms with Gasteiger partial charge in [0.1, 0.15) is 0 Å². The van der Waals surface area contributed by atoms with Crippen molar-refractivity contribution in [2.45, 2.75) is 12.8 Å². The molecule has 0 saturated carbocycles. The Hall–Kier alpha value is -1.89. The molecule has 0 radical (unpaired) electrons. The molecule has 4 heteroatoms. The van der Waals surface area contributed by atoms with Crippen LogP contribution in [0.5, 0.6) is 0 Å². The molecule has 1 aliphatic rings. The van der Waals surface area contributed by atoms with Gasteiger partial charge in [0.2, 0.25) is 0 Å². The van der Waals surface area contributed by atoms with Crippen molar-refractivity contribution in [3.63, 3.8) is 0 Å². The molecule has 1 fully saturated rings. The van der Waals surface area contributed by atoms with Gasteiger partial charge in [0, 0.05) is 13.1 Å². The molecular weight excluding hydrogens is 188 g/mol. The van der Waals surface area contributed by atoms with Crippen molar-refractivity contribution in [2.75, 3.05) is 13.1 Å². The first kappa shape index (κ1) is 9.66. The standard InChI is InChI=1S/C11H12N4/c12-9-10-4-3-5-11(8-10)13-14-15-6-1-2-7-15/h3-5,8H,1-2,6-7H2. The predicted molar refractivity (Wildman–Crippen MR) is 56.5 cm³/mol. The van der Waals surface area contributed by atoms with Gasteiger partial charge in [0.25, 0.3) is 0 Å². The minimum atomic E-state index is 0.618. The van der Waals surface area contributed by atoms with Crippen LogP contribution in [0.2, 0.25) is 0 Å². The average molecular weight is 200 g/mol. The van der Waals surface area contributed by atoms with Crippen molar-refractivity contribution >= 4 is 5.69 Å². The second-order valence-corrected chi connectivity index (χ2v) is 3.51. The minimum Gasteiger partial charge on any atom is -0.278 e. The number of benzene rings is 1. The molecule has 0 spiro atoms. The SMILES string of the molecule is N#Cc1cccc(N=NN2CCCC2)c1. The van der Waals surface area contributed by atoms with Crippen molar-refractivity contribution in [3.05, 3.63) is 29.8 Å². The zero-order valence-corrected chi connectivity index (χ0v) is 8.43. The highest BCUT2D eigenvalue weighted by Gasteiger charge is 2.08. The lowest BCUT2D eigenvalue weighted by molar-refractivity contribution is 0.336. The summed E-state index contributed by atoms with van der Waals surface area (Å²) in [5.41, 5.74) is 1.36. The predicted octanol–water partition coefficient (Wildman–Crippen LogP) is 2.65. The highest BCUT2D eigenvalue weighted by atomic mass is 15.5. The maximum absolute atomic E-state index is 8.71. The molecule has 1 aromatic rings. The van der Waals surface area contributed by atoms with Gasteiger partial charge in [-0.15, -0.1) is 5.11 Å². The average Bonchev–Trinajstić information content (AvgIpc) is 2.79. The molecule has 0 N–H and O–H groups in total. The summed E-state index contributed by atoms with van der Waals surface area (Å²) in [6.07, 6.45) is 2.38. The molecule has 0 aromatic heterocycles. The fraction of sp³-hybridized carbons (Fsp3) is 0.364. The van der Waals surface area contributed by atoms with Gasteiger partial charge in [-0.2, -0.15) is 5.26 Å². The van der Waals surface area contributed by atoms with E-state index in [0.717, 1.165) is 18.8 Å². The lowest BCUT2D eigenvalue weighted by Crippen LogP contribution is -2.09. The molecule has 0 aliphatic carbocycles. The Bertz CT molecular complexity index is 399. The number of nitrogens with zero attached hydrogens (tertiary/aromatic N) is 4. The first-order chi connectivity index (χ1) is 7.38. The summed E-state index contributed by atoms with van der Waals surface area (Å²) in [6.45, 7) is 1.98. The van der Waals surface area contributed by atoms with Crippen LogP contribution >= 0.6 is 0 Å². The maximum Gasteiger partial charge on any atom is 0.0992 e. The van der Waals surface area contributed by atoms with E-state index in [1.165, 1.54) is 12.8 Å². The quantitative estimate of drug-likeness (QED) is 0.689. The van der Waals surface area contributed by atoms with Gasteiger partial charge in [-0.1, -0.05) is 11.3 Å². The van der Waals surface area contributed by atoms with Gasteiger partial charge in [-0.05, 0) is 31.0 Å². The van der Waals surface area contributed by atoms with Crippen LogP contribution in [0.25, 0.3) is 0 Å². The summed E-state index contributed by atoms with van der Waals surface area (Å²) in [5.74, 6) is 0. The highest BCUT2D eigenvalue weighted by Crippen LogP contribution is 2.16. The van der Waals surface area contributed by atoms with Crippen LogP contribution < -0.4 is 0 Å². The van der Waals surface area contributed by atoms with Gasteiger partial charge in [-0.3, -0.25) is 5.01 Å². The van der Waals surface area contributed by atoms with Gasteiger partial charge >= 0.3 is 0 Å². The fourth-order valence-electron chi connectivity index (χ4n) is 1.54. The summed E-state index contributed by atoms with van der Waals surface area (Å²) in [7, 11) is 0. The third-order valence-corrected chi connectivity index (χ3v) is 2.34. The lowest BCUT2D eigenvalue weighted by Gasteiger charge is -2.06. The number of rotatable bonds is 2. The summed E-state index contributed by atoms with van der Waals surface area (Å²) in [5, 5.41) is 18.9. The molecule has 0 amide bonds. The minimum absolute atomic E-state index is 0.618. The molecule has 0 unspecified atom stereocenters. The van der Waals surface area contributed by atoms with Crippen LogP contribution in [0.4, 0.5) is 5.69 Å². The Morgan fingerprint density at radius 1 is 1.27 bits per heavy atom. The van der Waals surface area contributed by atoms with Crippen molar-refractivity contribution in [1.29, 1.82) is 5.26 Å². The van der Waals surface area contributed by atoms with Crippen molar-refractivity contribution in [1.82, 2.24) is 5.01 Å². The van der Waals surface area contributed by atoms with Crippen molar-refractivity contribution < 1.29 is 0 Å². The van der Waals surface area contributed by atoms with E-state index in [0.29, 0.717) is 5.56 Å². The molecule has 76 valence electrons. The molecule has 1 saturated heterocycles. The first-order valence-electron chi connectivity index (χ1n) is 5.05. The van der Waals surface area contributed by atoms with E-state index in [1.54, 1.807) is 12.1 Å². The number of hydrogen-bond donors (Lipinski definition) is 0. The molecule has 15 heavy (non-hydrogen) atoms. The summed E-state index contributed by atoms with van der Waals surface area (Å²) < 4.78 is 0. The Kier molecular flexibility index (Phi) is 2.93. The van der Waals surface area contributed by atoms with Gasteiger partial charge in [-0.25, -0.2) is 0 Å². The molecule has 2 rings (SSSR count). The Labute approximate surface area is 88.8 Å². The van der Waals surface area contributed by atoms with Crippen LogP contribution in [0.15, 0.2) is 34.6 Å². The zero-order valence-electron chi connectivity index (χ0n) is 8.43. The normalized spacial score (nSPS) is 15.8. The van der Waals surface area contributed by atoms with Crippen LogP contribution in [-0.2, 0) is 0 Å². The summed E-state index contributed by atoms with van der Waals surface area (Å²) in [4.78, 5) is 0. The maximum atomic E-state index is 8.71. The van der Waals surface area contributed by atoms with E-state index in [9.17, 15) is 0 Å². The third kappa shape index (κ3) is 2.53. The Balaban J connectivity index is 2.06. The van der Waals surface area contributed by atoms with E-state index in [2.05, 4.69) is 16.4 Å². The van der Waals surface area contributed by atoms with E-state index in [-0.39, 0.29) is 0 Å². The van der Waals surface area contributed by atoms with Crippen molar-refractivity contribution in [3.8, 4) is 6.07 Å². The van der Waals surface area contributed by atoms with E-state index >= 15 is 0 Å². The van der Waals surface area contributed by atoms with Gasteiger partial charge in [0.15, 0.2) is 0 Å². The summed E-state index contributed by atoms with van der Waals surface area (Å²) >= 11 is 0. The number of nitriles is 1. The van der Waals surface area contributed by atoms with Crippen LogP contribution in [0.1, 0.15) is 18.4 Å². The van der Waals surface area contributed by atoms with E-state index in [4.69, 9.17) is 5.26 Å². The second-order valence-electron chi connectivity index (χ2n) is 3.51. The molecule has 0 bridgehead atoms. The highest BCUT2D eigenvalue weighted by molar-refractivity contribution is 5.44. The molecule has 1 heterocycles. The van der Waals surface area contributed by atoms with Gasteiger partial charge in [0.05, 0.1) is 17.3 Å². The monoisotopic (exact) mass is 200 g/mol.